The third kappa shape index (κ3) is 4.04. The van der Waals surface area contributed by atoms with Gasteiger partial charge in [-0.25, -0.2) is 0 Å². The van der Waals surface area contributed by atoms with Crippen molar-refractivity contribution in [3.05, 3.63) is 82.3 Å². The molecule has 0 unspecified atom stereocenters. The van der Waals surface area contributed by atoms with E-state index in [0.717, 1.165) is 4.48 Å². The van der Waals surface area contributed by atoms with E-state index in [1.807, 2.05) is 36.4 Å². The highest BCUT2D eigenvalue weighted by atomic mass is 79.9. The maximum absolute atomic E-state index is 3.55. The lowest BCUT2D eigenvalue weighted by Gasteiger charge is -1.94. The Morgan fingerprint density at radius 1 is 0.765 bits per heavy atom. The van der Waals surface area contributed by atoms with Gasteiger partial charge in [-0.15, -0.1) is 0 Å². The molecule has 2 aromatic carbocycles. The molecular weight excluding hydrogens is 272 g/mol. The van der Waals surface area contributed by atoms with Gasteiger partial charge in [0.05, 0.1) is 0 Å². The van der Waals surface area contributed by atoms with Gasteiger partial charge in [-0.1, -0.05) is 82.7 Å². The van der Waals surface area contributed by atoms with Gasteiger partial charge in [-0.3, -0.25) is 0 Å². The van der Waals surface area contributed by atoms with Crippen molar-refractivity contribution in [2.24, 2.45) is 0 Å². The Kier molecular flexibility index (Phi) is 4.34. The van der Waals surface area contributed by atoms with E-state index in [2.05, 4.69) is 58.4 Å². The van der Waals surface area contributed by atoms with E-state index in [-0.39, 0.29) is 0 Å². The molecule has 2 aromatic rings. The topological polar surface area (TPSA) is 0 Å². The zero-order chi connectivity index (χ0) is 11.9. The smallest absolute Gasteiger partial charge is 0.0181 e. The number of rotatable bonds is 3. The van der Waals surface area contributed by atoms with Gasteiger partial charge in [0, 0.05) is 4.48 Å². The minimum atomic E-state index is 1.06. The highest BCUT2D eigenvalue weighted by Gasteiger charge is 1.88. The Morgan fingerprint density at radius 3 is 1.88 bits per heavy atom. The lowest BCUT2D eigenvalue weighted by molar-refractivity contribution is 1.65. The van der Waals surface area contributed by atoms with Crippen molar-refractivity contribution < 1.29 is 0 Å². The summed E-state index contributed by atoms with van der Waals surface area (Å²) >= 11 is 3.55. The predicted octanol–water partition coefficient (Wildman–Crippen LogP) is 5.14. The fraction of sp³-hybridized carbons (Fsp3) is 0. The summed E-state index contributed by atoms with van der Waals surface area (Å²) in [6, 6.07) is 20.5. The molecule has 0 aliphatic carbocycles. The lowest BCUT2D eigenvalue weighted by atomic mass is 10.2. The Bertz CT molecular complexity index is 510. The first-order valence-electron chi connectivity index (χ1n) is 5.50. The molecule has 17 heavy (non-hydrogen) atoms. The number of allylic oxidation sites excluding steroid dienone is 2. The Balaban J connectivity index is 2.09. The van der Waals surface area contributed by atoms with Gasteiger partial charge < -0.3 is 0 Å². The Hall–Kier alpha value is -1.60. The summed E-state index contributed by atoms with van der Waals surface area (Å²) in [7, 11) is 0. The highest BCUT2D eigenvalue weighted by Crippen LogP contribution is 2.15. The van der Waals surface area contributed by atoms with Crippen LogP contribution in [-0.2, 0) is 0 Å². The number of hydrogen-bond acceptors (Lipinski definition) is 0. The molecule has 0 saturated carbocycles. The number of halogens is 1. The first-order chi connectivity index (χ1) is 8.34. The molecule has 0 spiro atoms. The molecule has 0 aliphatic heterocycles. The van der Waals surface area contributed by atoms with E-state index in [1.165, 1.54) is 11.1 Å². The van der Waals surface area contributed by atoms with Crippen LogP contribution in [0.1, 0.15) is 11.1 Å². The molecule has 0 aromatic heterocycles. The standard InChI is InChI=1S/C16H13Br/c17-16(13-15-9-5-2-6-10-15)12-11-14-7-3-1-4-8-14/h1-13H/b12-11+,16-13-. The predicted molar refractivity (Wildman–Crippen MR) is 78.8 cm³/mol. The van der Waals surface area contributed by atoms with Crippen LogP contribution in [-0.4, -0.2) is 0 Å². The molecule has 0 atom stereocenters. The monoisotopic (exact) mass is 284 g/mol. The summed E-state index contributed by atoms with van der Waals surface area (Å²) in [5.74, 6) is 0. The van der Waals surface area contributed by atoms with E-state index in [1.54, 1.807) is 0 Å². The van der Waals surface area contributed by atoms with Crippen LogP contribution in [0.4, 0.5) is 0 Å². The molecular formula is C16H13Br. The minimum Gasteiger partial charge on any atom is -0.0622 e. The van der Waals surface area contributed by atoms with Crippen molar-refractivity contribution in [3.63, 3.8) is 0 Å². The minimum absolute atomic E-state index is 1.06. The fourth-order valence-electron chi connectivity index (χ4n) is 1.50. The molecule has 0 nitrogen and oxygen atoms in total. The molecule has 0 saturated heterocycles. The van der Waals surface area contributed by atoms with Crippen LogP contribution < -0.4 is 0 Å². The van der Waals surface area contributed by atoms with Gasteiger partial charge >= 0.3 is 0 Å². The third-order valence-corrected chi connectivity index (χ3v) is 2.83. The van der Waals surface area contributed by atoms with Gasteiger partial charge in [0.25, 0.3) is 0 Å². The average Bonchev–Trinajstić information content (AvgIpc) is 2.39. The van der Waals surface area contributed by atoms with Gasteiger partial charge in [0.1, 0.15) is 0 Å². The first kappa shape index (κ1) is 11.9. The van der Waals surface area contributed by atoms with Crippen LogP contribution in [0.2, 0.25) is 0 Å². The summed E-state index contributed by atoms with van der Waals surface area (Å²) in [6.07, 6.45) is 6.24. The lowest BCUT2D eigenvalue weighted by Crippen LogP contribution is -1.71. The summed E-state index contributed by atoms with van der Waals surface area (Å²) < 4.78 is 1.06. The van der Waals surface area contributed by atoms with Gasteiger partial charge in [-0.05, 0) is 23.3 Å². The van der Waals surface area contributed by atoms with Crippen LogP contribution in [0.15, 0.2) is 71.2 Å². The van der Waals surface area contributed by atoms with E-state index in [4.69, 9.17) is 0 Å². The summed E-state index contributed by atoms with van der Waals surface area (Å²) in [5.41, 5.74) is 2.39. The van der Waals surface area contributed by atoms with Crippen molar-refractivity contribution in [2.45, 2.75) is 0 Å². The van der Waals surface area contributed by atoms with Crippen molar-refractivity contribution in [1.29, 1.82) is 0 Å². The first-order valence-corrected chi connectivity index (χ1v) is 6.29. The van der Waals surface area contributed by atoms with E-state index in [9.17, 15) is 0 Å². The number of hydrogen-bond donors (Lipinski definition) is 0. The maximum atomic E-state index is 3.55. The van der Waals surface area contributed by atoms with Gasteiger partial charge in [-0.2, -0.15) is 0 Å². The zero-order valence-corrected chi connectivity index (χ0v) is 11.0. The molecule has 84 valence electrons. The largest absolute Gasteiger partial charge is 0.0622 e. The summed E-state index contributed by atoms with van der Waals surface area (Å²) in [5, 5.41) is 0. The zero-order valence-electron chi connectivity index (χ0n) is 9.38. The van der Waals surface area contributed by atoms with Crippen LogP contribution in [0.5, 0.6) is 0 Å². The van der Waals surface area contributed by atoms with Crippen molar-refractivity contribution >= 4 is 28.1 Å². The molecule has 0 heterocycles. The third-order valence-electron chi connectivity index (χ3n) is 2.34. The van der Waals surface area contributed by atoms with Crippen LogP contribution in [0.25, 0.3) is 12.2 Å². The van der Waals surface area contributed by atoms with Crippen LogP contribution in [0.3, 0.4) is 0 Å². The quantitative estimate of drug-likeness (QED) is 0.685. The van der Waals surface area contributed by atoms with Crippen molar-refractivity contribution in [1.82, 2.24) is 0 Å². The second-order valence-electron chi connectivity index (χ2n) is 3.68. The van der Waals surface area contributed by atoms with Gasteiger partial charge in [0.15, 0.2) is 0 Å². The molecule has 1 heteroatoms. The fourth-order valence-corrected chi connectivity index (χ4v) is 1.89. The van der Waals surface area contributed by atoms with Crippen LogP contribution >= 0.6 is 15.9 Å². The molecule has 0 fully saturated rings. The van der Waals surface area contributed by atoms with Gasteiger partial charge in [0.2, 0.25) is 0 Å². The second kappa shape index (κ2) is 6.21. The highest BCUT2D eigenvalue weighted by molar-refractivity contribution is 9.12. The molecule has 0 radical (unpaired) electrons. The average molecular weight is 285 g/mol. The van der Waals surface area contributed by atoms with Crippen LogP contribution in [0, 0.1) is 0 Å². The molecule has 2 rings (SSSR count). The normalized spacial score (nSPS) is 11.9. The molecule has 0 N–H and O–H groups in total. The van der Waals surface area contributed by atoms with Crippen molar-refractivity contribution in [2.75, 3.05) is 0 Å². The Labute approximate surface area is 110 Å². The van der Waals surface area contributed by atoms with E-state index >= 15 is 0 Å². The molecule has 0 amide bonds. The van der Waals surface area contributed by atoms with E-state index in [0.29, 0.717) is 0 Å². The maximum Gasteiger partial charge on any atom is 0.0181 e. The second-order valence-corrected chi connectivity index (χ2v) is 4.60. The summed E-state index contributed by atoms with van der Waals surface area (Å²) in [6.45, 7) is 0. The summed E-state index contributed by atoms with van der Waals surface area (Å²) in [4.78, 5) is 0. The molecule has 0 aliphatic rings. The Morgan fingerprint density at radius 2 is 1.29 bits per heavy atom. The van der Waals surface area contributed by atoms with Crippen molar-refractivity contribution in [3.8, 4) is 0 Å². The SMILES string of the molecule is BrC(=C\c1ccccc1)/C=C/c1ccccc1. The molecule has 0 bridgehead atoms. The number of benzene rings is 2. The van der Waals surface area contributed by atoms with E-state index < -0.39 is 0 Å².